The van der Waals surface area contributed by atoms with Crippen molar-refractivity contribution in [3.05, 3.63) is 59.9 Å². The molecule has 0 bridgehead atoms. The SMILES string of the molecule is CCCNC(C=C(C)C)c1cnn(-c2ccccc2)c1. The highest BCUT2D eigenvalue weighted by atomic mass is 15.3. The van der Waals surface area contributed by atoms with Crippen molar-refractivity contribution in [3.8, 4) is 5.69 Å². The molecule has 0 saturated carbocycles. The van der Waals surface area contributed by atoms with E-state index in [1.54, 1.807) is 0 Å². The molecular formula is C17H23N3. The first-order valence-electron chi connectivity index (χ1n) is 7.19. The van der Waals surface area contributed by atoms with Gasteiger partial charge in [-0.3, -0.25) is 0 Å². The monoisotopic (exact) mass is 269 g/mol. The van der Waals surface area contributed by atoms with Crippen LogP contribution in [-0.4, -0.2) is 16.3 Å². The van der Waals surface area contributed by atoms with E-state index in [9.17, 15) is 0 Å². The summed E-state index contributed by atoms with van der Waals surface area (Å²) >= 11 is 0. The van der Waals surface area contributed by atoms with Gasteiger partial charge in [0.15, 0.2) is 0 Å². The maximum absolute atomic E-state index is 4.47. The highest BCUT2D eigenvalue weighted by molar-refractivity contribution is 5.32. The smallest absolute Gasteiger partial charge is 0.0645 e. The molecule has 0 radical (unpaired) electrons. The Morgan fingerprint density at radius 2 is 2.05 bits per heavy atom. The Kier molecular flexibility index (Phi) is 5.13. The summed E-state index contributed by atoms with van der Waals surface area (Å²) in [6, 6.07) is 10.4. The van der Waals surface area contributed by atoms with E-state index in [0.717, 1.165) is 18.7 Å². The summed E-state index contributed by atoms with van der Waals surface area (Å²) in [4.78, 5) is 0. The fourth-order valence-corrected chi connectivity index (χ4v) is 2.13. The second-order valence-electron chi connectivity index (χ2n) is 5.23. The number of hydrogen-bond donors (Lipinski definition) is 1. The number of nitrogens with one attached hydrogen (secondary N) is 1. The molecule has 2 rings (SSSR count). The van der Waals surface area contributed by atoms with Crippen LogP contribution in [0.25, 0.3) is 5.69 Å². The quantitative estimate of drug-likeness (QED) is 0.807. The Balaban J connectivity index is 2.22. The van der Waals surface area contributed by atoms with E-state index < -0.39 is 0 Å². The van der Waals surface area contributed by atoms with E-state index in [0.29, 0.717) is 0 Å². The molecule has 0 aliphatic rings. The lowest BCUT2D eigenvalue weighted by molar-refractivity contribution is 0.610. The molecule has 3 nitrogen and oxygen atoms in total. The Morgan fingerprint density at radius 3 is 2.70 bits per heavy atom. The van der Waals surface area contributed by atoms with Gasteiger partial charge in [0, 0.05) is 11.8 Å². The molecule has 0 amide bonds. The number of para-hydroxylation sites is 1. The van der Waals surface area contributed by atoms with Crippen LogP contribution in [0.3, 0.4) is 0 Å². The standard InChI is InChI=1S/C17H23N3/c1-4-10-18-17(11-14(2)3)15-12-19-20(13-15)16-8-6-5-7-9-16/h5-9,11-13,17-18H,4,10H2,1-3H3. The molecule has 1 unspecified atom stereocenters. The van der Waals surface area contributed by atoms with Crippen molar-refractivity contribution < 1.29 is 0 Å². The van der Waals surface area contributed by atoms with Crippen molar-refractivity contribution >= 4 is 0 Å². The number of rotatable bonds is 6. The number of benzene rings is 1. The highest BCUT2D eigenvalue weighted by Gasteiger charge is 2.10. The average molecular weight is 269 g/mol. The maximum atomic E-state index is 4.47. The van der Waals surface area contributed by atoms with E-state index in [1.165, 1.54) is 11.1 Å². The van der Waals surface area contributed by atoms with Crippen LogP contribution in [0.1, 0.15) is 38.8 Å². The first-order chi connectivity index (χ1) is 9.70. The Bertz CT molecular complexity index is 551. The second kappa shape index (κ2) is 7.06. The van der Waals surface area contributed by atoms with Crippen molar-refractivity contribution in [2.75, 3.05) is 6.54 Å². The Labute approximate surface area is 121 Å². The molecule has 1 atom stereocenters. The molecule has 0 spiro atoms. The zero-order valence-corrected chi connectivity index (χ0v) is 12.5. The minimum Gasteiger partial charge on any atom is -0.307 e. The fourth-order valence-electron chi connectivity index (χ4n) is 2.13. The minimum absolute atomic E-state index is 0.234. The van der Waals surface area contributed by atoms with Crippen LogP contribution in [0.4, 0.5) is 0 Å². The van der Waals surface area contributed by atoms with Gasteiger partial charge in [-0.15, -0.1) is 0 Å². The van der Waals surface area contributed by atoms with Gasteiger partial charge in [-0.1, -0.05) is 36.8 Å². The van der Waals surface area contributed by atoms with Gasteiger partial charge in [0.25, 0.3) is 0 Å². The van der Waals surface area contributed by atoms with Crippen LogP contribution in [0, 0.1) is 0 Å². The van der Waals surface area contributed by atoms with Crippen molar-refractivity contribution in [1.82, 2.24) is 15.1 Å². The molecule has 1 N–H and O–H groups in total. The molecule has 0 aliphatic heterocycles. The Hall–Kier alpha value is -1.87. The molecule has 1 aromatic carbocycles. The van der Waals surface area contributed by atoms with Gasteiger partial charge in [-0.05, 0) is 38.9 Å². The van der Waals surface area contributed by atoms with Gasteiger partial charge >= 0.3 is 0 Å². The zero-order chi connectivity index (χ0) is 14.4. The van der Waals surface area contributed by atoms with E-state index in [-0.39, 0.29) is 6.04 Å². The number of nitrogens with zero attached hydrogens (tertiary/aromatic N) is 2. The van der Waals surface area contributed by atoms with Gasteiger partial charge < -0.3 is 5.32 Å². The first kappa shape index (κ1) is 14.5. The van der Waals surface area contributed by atoms with Crippen molar-refractivity contribution in [1.29, 1.82) is 0 Å². The van der Waals surface area contributed by atoms with Gasteiger partial charge in [0.05, 0.1) is 17.9 Å². The molecule has 0 saturated heterocycles. The van der Waals surface area contributed by atoms with E-state index in [2.05, 4.69) is 55.6 Å². The third kappa shape index (κ3) is 3.81. The molecule has 2 aromatic rings. The van der Waals surface area contributed by atoms with E-state index in [1.807, 2.05) is 29.1 Å². The summed E-state index contributed by atoms with van der Waals surface area (Å²) in [5, 5.41) is 8.02. The predicted octanol–water partition coefficient (Wildman–Crippen LogP) is 3.88. The van der Waals surface area contributed by atoms with Crippen LogP contribution in [0.2, 0.25) is 0 Å². The summed E-state index contributed by atoms with van der Waals surface area (Å²) in [6.45, 7) is 7.44. The van der Waals surface area contributed by atoms with E-state index in [4.69, 9.17) is 0 Å². The molecule has 1 aromatic heterocycles. The summed E-state index contributed by atoms with van der Waals surface area (Å²) in [5.41, 5.74) is 3.60. The minimum atomic E-state index is 0.234. The van der Waals surface area contributed by atoms with Crippen molar-refractivity contribution in [2.45, 2.75) is 33.2 Å². The second-order valence-corrected chi connectivity index (χ2v) is 5.23. The van der Waals surface area contributed by atoms with Crippen LogP contribution >= 0.6 is 0 Å². The topological polar surface area (TPSA) is 29.9 Å². The largest absolute Gasteiger partial charge is 0.307 e. The summed E-state index contributed by atoms with van der Waals surface area (Å²) in [6.07, 6.45) is 7.42. The van der Waals surface area contributed by atoms with Crippen molar-refractivity contribution in [2.24, 2.45) is 0 Å². The van der Waals surface area contributed by atoms with Gasteiger partial charge in [0.2, 0.25) is 0 Å². The number of aromatic nitrogens is 2. The summed E-state index contributed by atoms with van der Waals surface area (Å²) < 4.78 is 1.93. The average Bonchev–Trinajstić information content (AvgIpc) is 2.94. The molecule has 3 heteroatoms. The maximum Gasteiger partial charge on any atom is 0.0645 e. The third-order valence-electron chi connectivity index (χ3n) is 3.10. The normalized spacial score (nSPS) is 12.2. The molecule has 0 fully saturated rings. The van der Waals surface area contributed by atoms with Gasteiger partial charge in [-0.2, -0.15) is 5.10 Å². The van der Waals surface area contributed by atoms with Crippen LogP contribution in [0.15, 0.2) is 54.4 Å². The predicted molar refractivity (Wildman–Crippen MR) is 84.0 cm³/mol. The van der Waals surface area contributed by atoms with Gasteiger partial charge in [-0.25, -0.2) is 4.68 Å². The van der Waals surface area contributed by atoms with Crippen LogP contribution in [0.5, 0.6) is 0 Å². The molecular weight excluding hydrogens is 246 g/mol. The number of hydrogen-bond acceptors (Lipinski definition) is 2. The molecule has 1 heterocycles. The number of allylic oxidation sites excluding steroid dienone is 1. The molecule has 20 heavy (non-hydrogen) atoms. The highest BCUT2D eigenvalue weighted by Crippen LogP contribution is 2.17. The molecule has 106 valence electrons. The fraction of sp³-hybridized carbons (Fsp3) is 0.353. The first-order valence-corrected chi connectivity index (χ1v) is 7.19. The summed E-state index contributed by atoms with van der Waals surface area (Å²) in [7, 11) is 0. The molecule has 0 aliphatic carbocycles. The Morgan fingerprint density at radius 1 is 1.30 bits per heavy atom. The lowest BCUT2D eigenvalue weighted by atomic mass is 10.1. The lowest BCUT2D eigenvalue weighted by Gasteiger charge is -2.13. The van der Waals surface area contributed by atoms with Crippen molar-refractivity contribution in [3.63, 3.8) is 0 Å². The lowest BCUT2D eigenvalue weighted by Crippen LogP contribution is -2.20. The van der Waals surface area contributed by atoms with E-state index >= 15 is 0 Å². The summed E-state index contributed by atoms with van der Waals surface area (Å²) in [5.74, 6) is 0. The van der Waals surface area contributed by atoms with Crippen LogP contribution in [-0.2, 0) is 0 Å². The van der Waals surface area contributed by atoms with Crippen LogP contribution < -0.4 is 5.32 Å². The third-order valence-corrected chi connectivity index (χ3v) is 3.10. The zero-order valence-electron chi connectivity index (χ0n) is 12.5. The van der Waals surface area contributed by atoms with Gasteiger partial charge in [0.1, 0.15) is 0 Å².